The van der Waals surface area contributed by atoms with Crippen LogP contribution in [-0.4, -0.2) is 5.78 Å². The van der Waals surface area contributed by atoms with Crippen molar-refractivity contribution in [3.63, 3.8) is 0 Å². The predicted molar refractivity (Wildman–Crippen MR) is 53.1 cm³/mol. The van der Waals surface area contributed by atoms with Crippen LogP contribution >= 0.6 is 0 Å². The minimum absolute atomic E-state index is 0.0877. The van der Waals surface area contributed by atoms with Crippen molar-refractivity contribution in [1.29, 1.82) is 0 Å². The maximum atomic E-state index is 11.8. The SMILES string of the molecule is CC(C(=O)C(C)(C)C)C(C)(C)C. The van der Waals surface area contributed by atoms with Crippen LogP contribution in [0.4, 0.5) is 0 Å². The number of carbonyl (C=O) groups is 1. The Balaban J connectivity index is 4.53. The van der Waals surface area contributed by atoms with E-state index in [0.717, 1.165) is 0 Å². The molecule has 0 saturated carbocycles. The normalized spacial score (nSPS) is 15.9. The minimum atomic E-state index is -0.202. The molecule has 0 amide bonds. The molecule has 0 fully saturated rings. The van der Waals surface area contributed by atoms with Gasteiger partial charge < -0.3 is 0 Å². The smallest absolute Gasteiger partial charge is 0.141 e. The van der Waals surface area contributed by atoms with E-state index < -0.39 is 0 Å². The fourth-order valence-corrected chi connectivity index (χ4v) is 1.04. The monoisotopic (exact) mass is 170 g/mol. The van der Waals surface area contributed by atoms with Crippen molar-refractivity contribution in [3.05, 3.63) is 0 Å². The summed E-state index contributed by atoms with van der Waals surface area (Å²) in [5.74, 6) is 0.493. The number of rotatable bonds is 1. The Kier molecular flexibility index (Phi) is 3.11. The zero-order valence-electron chi connectivity index (χ0n) is 9.49. The third-order valence-electron chi connectivity index (χ3n) is 2.43. The molecule has 0 aliphatic heterocycles. The van der Waals surface area contributed by atoms with Gasteiger partial charge in [0, 0.05) is 11.3 Å². The maximum absolute atomic E-state index is 11.8. The molecule has 0 bridgehead atoms. The standard InChI is InChI=1S/C11H22O/c1-8(10(2,3)4)9(12)11(5,6)7/h8H,1-7H3. The molecule has 1 atom stereocenters. The zero-order chi connectivity index (χ0) is 10.2. The molecule has 1 heteroatoms. The largest absolute Gasteiger partial charge is 0.299 e. The molecule has 0 spiro atoms. The minimum Gasteiger partial charge on any atom is -0.299 e. The molecule has 0 N–H and O–H groups in total. The summed E-state index contributed by atoms with van der Waals surface area (Å²) >= 11 is 0. The Morgan fingerprint density at radius 3 is 1.42 bits per heavy atom. The molecule has 72 valence electrons. The highest BCUT2D eigenvalue weighted by Crippen LogP contribution is 2.32. The summed E-state index contributed by atoms with van der Waals surface area (Å²) in [7, 11) is 0. The van der Waals surface area contributed by atoms with E-state index >= 15 is 0 Å². The maximum Gasteiger partial charge on any atom is 0.141 e. The summed E-state index contributed by atoms with van der Waals surface area (Å²) in [5.41, 5.74) is -0.114. The third kappa shape index (κ3) is 2.96. The first-order valence-corrected chi connectivity index (χ1v) is 4.61. The third-order valence-corrected chi connectivity index (χ3v) is 2.43. The molecule has 0 heterocycles. The number of hydrogen-bond acceptors (Lipinski definition) is 1. The van der Waals surface area contributed by atoms with E-state index in [1.54, 1.807) is 0 Å². The first-order valence-electron chi connectivity index (χ1n) is 4.61. The molecule has 0 radical (unpaired) electrons. The Bertz CT molecular complexity index is 166. The van der Waals surface area contributed by atoms with Gasteiger partial charge in [-0.15, -0.1) is 0 Å². The highest BCUT2D eigenvalue weighted by molar-refractivity contribution is 5.86. The summed E-state index contributed by atoms with van der Waals surface area (Å²) in [6, 6.07) is 0. The van der Waals surface area contributed by atoms with E-state index in [1.807, 2.05) is 27.7 Å². The van der Waals surface area contributed by atoms with Gasteiger partial charge in [-0.2, -0.15) is 0 Å². The van der Waals surface area contributed by atoms with Crippen LogP contribution in [0.25, 0.3) is 0 Å². The molecule has 12 heavy (non-hydrogen) atoms. The van der Waals surface area contributed by atoms with Crippen LogP contribution in [0.1, 0.15) is 48.5 Å². The fraction of sp³-hybridized carbons (Fsp3) is 0.909. The van der Waals surface area contributed by atoms with Crippen LogP contribution in [-0.2, 0) is 4.79 Å². The molecular formula is C11H22O. The van der Waals surface area contributed by atoms with E-state index in [-0.39, 0.29) is 16.7 Å². The summed E-state index contributed by atoms with van der Waals surface area (Å²) in [4.78, 5) is 11.8. The van der Waals surface area contributed by atoms with Crippen LogP contribution in [0.3, 0.4) is 0 Å². The highest BCUT2D eigenvalue weighted by Gasteiger charge is 2.33. The summed E-state index contributed by atoms with van der Waals surface area (Å²) in [5, 5.41) is 0. The lowest BCUT2D eigenvalue weighted by molar-refractivity contribution is -0.133. The summed E-state index contributed by atoms with van der Waals surface area (Å²) in [6.45, 7) is 14.3. The van der Waals surface area contributed by atoms with Crippen LogP contribution < -0.4 is 0 Å². The first-order chi connectivity index (χ1) is 5.07. The second kappa shape index (κ2) is 3.20. The number of hydrogen-bond donors (Lipinski definition) is 0. The predicted octanol–water partition coefficient (Wildman–Crippen LogP) is 3.28. The molecule has 0 aliphatic rings. The van der Waals surface area contributed by atoms with Gasteiger partial charge in [0.1, 0.15) is 5.78 Å². The lowest BCUT2D eigenvalue weighted by Crippen LogP contribution is -2.34. The van der Waals surface area contributed by atoms with Crippen LogP contribution in [0.15, 0.2) is 0 Å². The first kappa shape index (κ1) is 11.7. The molecular weight excluding hydrogens is 148 g/mol. The van der Waals surface area contributed by atoms with Crippen molar-refractivity contribution in [1.82, 2.24) is 0 Å². The van der Waals surface area contributed by atoms with Crippen LogP contribution in [0.5, 0.6) is 0 Å². The van der Waals surface area contributed by atoms with Gasteiger partial charge in [0.05, 0.1) is 0 Å². The molecule has 1 nitrogen and oxygen atoms in total. The van der Waals surface area contributed by atoms with E-state index in [4.69, 9.17) is 0 Å². The van der Waals surface area contributed by atoms with Crippen molar-refractivity contribution in [2.75, 3.05) is 0 Å². The zero-order valence-corrected chi connectivity index (χ0v) is 9.49. The van der Waals surface area contributed by atoms with Crippen molar-refractivity contribution in [2.24, 2.45) is 16.7 Å². The van der Waals surface area contributed by atoms with Gasteiger partial charge >= 0.3 is 0 Å². The Labute approximate surface area is 76.6 Å². The molecule has 0 rings (SSSR count). The topological polar surface area (TPSA) is 17.1 Å². The number of ketones is 1. The summed E-state index contributed by atoms with van der Waals surface area (Å²) < 4.78 is 0. The molecule has 0 aromatic carbocycles. The average molecular weight is 170 g/mol. The second-order valence-electron chi connectivity index (χ2n) is 5.70. The highest BCUT2D eigenvalue weighted by atomic mass is 16.1. The quantitative estimate of drug-likeness (QED) is 0.590. The number of carbonyl (C=O) groups excluding carboxylic acids is 1. The Morgan fingerprint density at radius 1 is 1.00 bits per heavy atom. The van der Waals surface area contributed by atoms with E-state index in [1.165, 1.54) is 0 Å². The van der Waals surface area contributed by atoms with Gasteiger partial charge in [0.25, 0.3) is 0 Å². The van der Waals surface area contributed by atoms with E-state index in [0.29, 0.717) is 5.78 Å². The molecule has 0 aromatic rings. The second-order valence-corrected chi connectivity index (χ2v) is 5.70. The lowest BCUT2D eigenvalue weighted by atomic mass is 9.72. The van der Waals surface area contributed by atoms with Gasteiger partial charge in [-0.1, -0.05) is 48.5 Å². The van der Waals surface area contributed by atoms with Crippen LogP contribution in [0, 0.1) is 16.7 Å². The average Bonchev–Trinajstić information content (AvgIpc) is 1.80. The van der Waals surface area contributed by atoms with E-state index in [9.17, 15) is 4.79 Å². The van der Waals surface area contributed by atoms with Gasteiger partial charge in [0.2, 0.25) is 0 Å². The van der Waals surface area contributed by atoms with Gasteiger partial charge in [-0.25, -0.2) is 0 Å². The summed E-state index contributed by atoms with van der Waals surface area (Å²) in [6.07, 6.45) is 0. The Morgan fingerprint density at radius 2 is 1.33 bits per heavy atom. The molecule has 0 aromatic heterocycles. The van der Waals surface area contributed by atoms with Crippen molar-refractivity contribution >= 4 is 5.78 Å². The van der Waals surface area contributed by atoms with Gasteiger partial charge in [0.15, 0.2) is 0 Å². The van der Waals surface area contributed by atoms with Gasteiger partial charge in [-0.05, 0) is 5.41 Å². The fourth-order valence-electron chi connectivity index (χ4n) is 1.04. The van der Waals surface area contributed by atoms with Crippen LogP contribution in [0.2, 0.25) is 0 Å². The lowest BCUT2D eigenvalue weighted by Gasteiger charge is -2.31. The Hall–Kier alpha value is -0.330. The van der Waals surface area contributed by atoms with Crippen molar-refractivity contribution in [3.8, 4) is 0 Å². The number of Topliss-reactive ketones (excluding diaryl/α,β-unsaturated/α-hetero) is 1. The molecule has 0 aliphatic carbocycles. The van der Waals surface area contributed by atoms with Crippen molar-refractivity contribution in [2.45, 2.75) is 48.5 Å². The molecule has 1 unspecified atom stereocenters. The van der Waals surface area contributed by atoms with Gasteiger partial charge in [-0.3, -0.25) is 4.79 Å². The van der Waals surface area contributed by atoms with Crippen molar-refractivity contribution < 1.29 is 4.79 Å². The van der Waals surface area contributed by atoms with E-state index in [2.05, 4.69) is 20.8 Å². The molecule has 0 saturated heterocycles.